The number of morpholine rings is 1. The third-order valence-electron chi connectivity index (χ3n) is 5.01. The van der Waals surface area contributed by atoms with Gasteiger partial charge in [0, 0.05) is 26.1 Å². The van der Waals surface area contributed by atoms with Gasteiger partial charge in [-0.1, -0.05) is 12.1 Å². The Labute approximate surface area is 187 Å². The summed E-state index contributed by atoms with van der Waals surface area (Å²) in [6, 6.07) is 11.9. The Bertz CT molecular complexity index is 1050. The van der Waals surface area contributed by atoms with Gasteiger partial charge in [-0.15, -0.1) is 0 Å². The molecule has 2 aromatic carbocycles. The molecule has 1 fully saturated rings. The van der Waals surface area contributed by atoms with Crippen molar-refractivity contribution in [3.63, 3.8) is 0 Å². The minimum absolute atomic E-state index is 0.0489. The van der Waals surface area contributed by atoms with Gasteiger partial charge in [-0.2, -0.15) is 0 Å². The summed E-state index contributed by atoms with van der Waals surface area (Å²) >= 11 is 0. The summed E-state index contributed by atoms with van der Waals surface area (Å²) in [6.45, 7) is 2.00. The third kappa shape index (κ3) is 6.27. The van der Waals surface area contributed by atoms with Crippen LogP contribution in [0.25, 0.3) is 0 Å². The van der Waals surface area contributed by atoms with E-state index in [9.17, 15) is 22.4 Å². The van der Waals surface area contributed by atoms with E-state index in [4.69, 9.17) is 4.74 Å². The maximum Gasteiger partial charge on any atom is 0.256 e. The zero-order valence-electron chi connectivity index (χ0n) is 17.8. The molecule has 1 N–H and O–H groups in total. The van der Waals surface area contributed by atoms with Gasteiger partial charge in [-0.05, 0) is 42.8 Å². The standard InChI is InChI=1S/C22H26FN3O5S/c1-32(29,30)26(18-10-8-17(23)9-11-18)12-4-7-21(27)24-20-6-3-2-5-19(20)22(28)25-13-15-31-16-14-25/h2-3,5-6,8-11H,4,7,12-16H2,1H3,(H,24,27). The van der Waals surface area contributed by atoms with Crippen molar-refractivity contribution in [3.8, 4) is 0 Å². The predicted octanol–water partition coefficient (Wildman–Crippen LogP) is 2.48. The van der Waals surface area contributed by atoms with Crippen molar-refractivity contribution < 1.29 is 27.1 Å². The molecule has 0 radical (unpaired) electrons. The molecule has 3 rings (SSSR count). The fraction of sp³-hybridized carbons (Fsp3) is 0.364. The molecule has 0 spiro atoms. The van der Waals surface area contributed by atoms with Crippen LogP contribution in [0.15, 0.2) is 48.5 Å². The SMILES string of the molecule is CS(=O)(=O)N(CCCC(=O)Nc1ccccc1C(=O)N1CCOCC1)c1ccc(F)cc1. The van der Waals surface area contributed by atoms with Crippen molar-refractivity contribution in [1.29, 1.82) is 0 Å². The summed E-state index contributed by atoms with van der Waals surface area (Å²) in [5, 5.41) is 2.76. The highest BCUT2D eigenvalue weighted by molar-refractivity contribution is 7.92. The summed E-state index contributed by atoms with van der Waals surface area (Å²) in [5.41, 5.74) is 1.13. The lowest BCUT2D eigenvalue weighted by atomic mass is 10.1. The predicted molar refractivity (Wildman–Crippen MR) is 120 cm³/mol. The smallest absolute Gasteiger partial charge is 0.256 e. The molecule has 1 aliphatic rings. The van der Waals surface area contributed by atoms with Crippen LogP contribution >= 0.6 is 0 Å². The van der Waals surface area contributed by atoms with Crippen LogP contribution in [0.4, 0.5) is 15.8 Å². The summed E-state index contributed by atoms with van der Waals surface area (Å²) in [5.74, 6) is -0.976. The number of nitrogens with zero attached hydrogens (tertiary/aromatic N) is 2. The molecular weight excluding hydrogens is 437 g/mol. The summed E-state index contributed by atoms with van der Waals surface area (Å²) in [6.07, 6.45) is 1.35. The molecule has 172 valence electrons. The largest absolute Gasteiger partial charge is 0.378 e. The van der Waals surface area contributed by atoms with Crippen molar-refractivity contribution in [1.82, 2.24) is 4.90 Å². The molecule has 10 heteroatoms. The maximum atomic E-state index is 13.2. The molecule has 0 unspecified atom stereocenters. The average molecular weight is 464 g/mol. The maximum absolute atomic E-state index is 13.2. The monoisotopic (exact) mass is 463 g/mol. The molecule has 0 aromatic heterocycles. The first-order valence-corrected chi connectivity index (χ1v) is 12.1. The van der Waals surface area contributed by atoms with Gasteiger partial charge in [0.05, 0.1) is 36.4 Å². The summed E-state index contributed by atoms with van der Waals surface area (Å²) < 4.78 is 43.8. The highest BCUT2D eigenvalue weighted by Crippen LogP contribution is 2.20. The van der Waals surface area contributed by atoms with Crippen LogP contribution in [0, 0.1) is 5.82 Å². The van der Waals surface area contributed by atoms with Gasteiger partial charge in [0.15, 0.2) is 0 Å². The van der Waals surface area contributed by atoms with E-state index in [1.54, 1.807) is 29.2 Å². The lowest BCUT2D eigenvalue weighted by molar-refractivity contribution is -0.116. The van der Waals surface area contributed by atoms with Gasteiger partial charge in [-0.3, -0.25) is 13.9 Å². The molecule has 2 amide bonds. The van der Waals surface area contributed by atoms with Crippen LogP contribution in [0.5, 0.6) is 0 Å². The van der Waals surface area contributed by atoms with Crippen molar-refractivity contribution in [2.24, 2.45) is 0 Å². The van der Waals surface area contributed by atoms with E-state index in [0.29, 0.717) is 43.2 Å². The first-order chi connectivity index (χ1) is 15.3. The molecule has 1 aliphatic heterocycles. The second kappa shape index (κ2) is 10.6. The Kier molecular flexibility index (Phi) is 7.81. The van der Waals surface area contributed by atoms with E-state index in [1.807, 2.05) is 0 Å². The van der Waals surface area contributed by atoms with Crippen LogP contribution in [-0.4, -0.2) is 64.2 Å². The molecule has 32 heavy (non-hydrogen) atoms. The van der Waals surface area contributed by atoms with Crippen LogP contribution in [0.3, 0.4) is 0 Å². The van der Waals surface area contributed by atoms with Crippen molar-refractivity contribution in [3.05, 3.63) is 59.9 Å². The molecule has 1 saturated heterocycles. The lowest BCUT2D eigenvalue weighted by Crippen LogP contribution is -2.41. The number of amides is 2. The molecular formula is C22H26FN3O5S. The van der Waals surface area contributed by atoms with Gasteiger partial charge >= 0.3 is 0 Å². The van der Waals surface area contributed by atoms with Crippen LogP contribution in [0.1, 0.15) is 23.2 Å². The number of anilines is 2. The number of hydrogen-bond acceptors (Lipinski definition) is 5. The first-order valence-electron chi connectivity index (χ1n) is 10.2. The quantitative estimate of drug-likeness (QED) is 0.649. The van der Waals surface area contributed by atoms with Crippen LogP contribution < -0.4 is 9.62 Å². The van der Waals surface area contributed by atoms with Gasteiger partial charge < -0.3 is 15.0 Å². The van der Waals surface area contributed by atoms with Gasteiger partial charge in [0.25, 0.3) is 5.91 Å². The number of carbonyl (C=O) groups is 2. The number of halogens is 1. The van der Waals surface area contributed by atoms with Crippen LogP contribution in [0.2, 0.25) is 0 Å². The number of hydrogen-bond donors (Lipinski definition) is 1. The first kappa shape index (κ1) is 23.7. The fourth-order valence-electron chi connectivity index (χ4n) is 3.41. The lowest BCUT2D eigenvalue weighted by Gasteiger charge is -2.27. The average Bonchev–Trinajstić information content (AvgIpc) is 2.77. The summed E-state index contributed by atoms with van der Waals surface area (Å²) in [4.78, 5) is 27.0. The highest BCUT2D eigenvalue weighted by atomic mass is 32.2. The summed E-state index contributed by atoms with van der Waals surface area (Å²) in [7, 11) is -3.60. The molecule has 0 bridgehead atoms. The molecule has 0 atom stereocenters. The van der Waals surface area contributed by atoms with E-state index in [1.165, 1.54) is 24.3 Å². The van der Waals surface area contributed by atoms with E-state index >= 15 is 0 Å². The highest BCUT2D eigenvalue weighted by Gasteiger charge is 2.22. The Balaban J connectivity index is 1.61. The van der Waals surface area contributed by atoms with Crippen LogP contribution in [-0.2, 0) is 19.6 Å². The zero-order chi connectivity index (χ0) is 23.1. The minimum atomic E-state index is -3.60. The normalized spacial score (nSPS) is 14.1. The number of ether oxygens (including phenoxy) is 1. The van der Waals surface area contributed by atoms with E-state index in [0.717, 1.165) is 10.6 Å². The van der Waals surface area contributed by atoms with E-state index in [-0.39, 0.29) is 31.2 Å². The minimum Gasteiger partial charge on any atom is -0.378 e. The topological polar surface area (TPSA) is 96.0 Å². The fourth-order valence-corrected chi connectivity index (χ4v) is 4.37. The van der Waals surface area contributed by atoms with Crippen molar-refractivity contribution in [2.45, 2.75) is 12.8 Å². The molecule has 1 heterocycles. The molecule has 8 nitrogen and oxygen atoms in total. The number of para-hydroxylation sites is 1. The van der Waals surface area contributed by atoms with Crippen molar-refractivity contribution in [2.75, 3.05) is 48.7 Å². The third-order valence-corrected chi connectivity index (χ3v) is 6.20. The van der Waals surface area contributed by atoms with Gasteiger partial charge in [0.1, 0.15) is 5.82 Å². The molecule has 2 aromatic rings. The Morgan fingerprint density at radius 1 is 1.09 bits per heavy atom. The van der Waals surface area contributed by atoms with Crippen molar-refractivity contribution >= 4 is 33.2 Å². The number of rotatable bonds is 8. The Morgan fingerprint density at radius 2 is 1.75 bits per heavy atom. The number of sulfonamides is 1. The Hall–Kier alpha value is -2.98. The number of carbonyl (C=O) groups excluding carboxylic acids is 2. The van der Waals surface area contributed by atoms with E-state index in [2.05, 4.69) is 5.32 Å². The molecule has 0 aliphatic carbocycles. The van der Waals surface area contributed by atoms with Gasteiger partial charge in [0.2, 0.25) is 15.9 Å². The molecule has 0 saturated carbocycles. The second-order valence-electron chi connectivity index (χ2n) is 7.41. The number of benzene rings is 2. The second-order valence-corrected chi connectivity index (χ2v) is 9.32. The zero-order valence-corrected chi connectivity index (χ0v) is 18.6. The Morgan fingerprint density at radius 3 is 2.41 bits per heavy atom. The number of nitrogens with one attached hydrogen (secondary N) is 1. The van der Waals surface area contributed by atoms with E-state index < -0.39 is 15.8 Å². The van der Waals surface area contributed by atoms with Gasteiger partial charge in [-0.25, -0.2) is 12.8 Å².